The zero-order valence-electron chi connectivity index (χ0n) is 10.9. The summed E-state index contributed by atoms with van der Waals surface area (Å²) in [4.78, 5) is 7.57. The maximum absolute atomic E-state index is 5.41. The Hall–Kier alpha value is -1.53. The van der Waals surface area contributed by atoms with E-state index in [2.05, 4.69) is 15.1 Å². The van der Waals surface area contributed by atoms with Crippen LogP contribution in [0.2, 0.25) is 0 Å². The van der Waals surface area contributed by atoms with E-state index in [0.29, 0.717) is 10.5 Å². The second kappa shape index (κ2) is 4.62. The van der Waals surface area contributed by atoms with Crippen LogP contribution in [0, 0.1) is 4.64 Å². The molecule has 0 fully saturated rings. The number of hydrogen-bond donors (Lipinski definition) is 1. The molecule has 5 nitrogen and oxygen atoms in total. The second-order valence-electron chi connectivity index (χ2n) is 4.60. The molecule has 0 spiro atoms. The number of nitrogens with zero attached hydrogens (tertiary/aromatic N) is 3. The number of methoxy groups -OCH3 is 1. The third-order valence-corrected chi connectivity index (χ3v) is 3.05. The van der Waals surface area contributed by atoms with Gasteiger partial charge in [0.1, 0.15) is 16.1 Å². The summed E-state index contributed by atoms with van der Waals surface area (Å²) in [6.45, 7) is 3.88. The van der Waals surface area contributed by atoms with Gasteiger partial charge in [0.2, 0.25) is 0 Å². The van der Waals surface area contributed by atoms with Crippen LogP contribution in [0.5, 0.6) is 0 Å². The van der Waals surface area contributed by atoms with Gasteiger partial charge < -0.3 is 9.72 Å². The van der Waals surface area contributed by atoms with Gasteiger partial charge in [-0.15, -0.1) is 0 Å². The van der Waals surface area contributed by atoms with Crippen molar-refractivity contribution in [3.8, 4) is 11.3 Å². The maximum atomic E-state index is 5.41. The molecule has 0 aliphatic heterocycles. The Morgan fingerprint density at radius 2 is 2.17 bits per heavy atom. The van der Waals surface area contributed by atoms with Gasteiger partial charge >= 0.3 is 0 Å². The highest BCUT2D eigenvalue weighted by Crippen LogP contribution is 2.23. The van der Waals surface area contributed by atoms with Gasteiger partial charge in [0.15, 0.2) is 0 Å². The van der Waals surface area contributed by atoms with E-state index in [-0.39, 0.29) is 0 Å². The molecule has 2 aromatic rings. The molecular formula is C12H16N4OS. The van der Waals surface area contributed by atoms with Crippen molar-refractivity contribution >= 4 is 12.2 Å². The summed E-state index contributed by atoms with van der Waals surface area (Å²) in [6.07, 6.45) is 3.70. The zero-order valence-corrected chi connectivity index (χ0v) is 11.7. The predicted octanol–water partition coefficient (Wildman–Crippen LogP) is 2.42. The number of aromatic amines is 1. The van der Waals surface area contributed by atoms with Gasteiger partial charge in [-0.1, -0.05) is 12.2 Å². The van der Waals surface area contributed by atoms with Crippen LogP contribution in [-0.2, 0) is 17.4 Å². The lowest BCUT2D eigenvalue weighted by atomic mass is 10.1. The first-order valence-electron chi connectivity index (χ1n) is 5.58. The largest absolute Gasteiger partial charge is 0.371 e. The lowest BCUT2D eigenvalue weighted by molar-refractivity contribution is 0.0115. The SMILES string of the molecule is COC(C)(C)c1nc(=S)cc(-c2cnn(C)c2)[nH]1. The third kappa shape index (κ3) is 2.49. The summed E-state index contributed by atoms with van der Waals surface area (Å²) in [6, 6.07) is 1.82. The first kappa shape index (κ1) is 12.9. The van der Waals surface area contributed by atoms with Gasteiger partial charge in [-0.25, -0.2) is 4.98 Å². The smallest absolute Gasteiger partial charge is 0.139 e. The Labute approximate surface area is 111 Å². The molecule has 0 aromatic carbocycles. The fraction of sp³-hybridized carbons (Fsp3) is 0.417. The van der Waals surface area contributed by atoms with E-state index in [1.807, 2.05) is 33.2 Å². The van der Waals surface area contributed by atoms with Gasteiger partial charge in [0.25, 0.3) is 0 Å². The standard InChI is InChI=1S/C12H16N4OS/c1-12(2,17-4)11-14-9(5-10(18)15-11)8-6-13-16(3)7-8/h5-7H,1-4H3,(H,14,15,18). The zero-order chi connectivity index (χ0) is 13.3. The van der Waals surface area contributed by atoms with Crippen molar-refractivity contribution < 1.29 is 4.74 Å². The number of ether oxygens (including phenoxy) is 1. The van der Waals surface area contributed by atoms with E-state index in [4.69, 9.17) is 17.0 Å². The van der Waals surface area contributed by atoms with E-state index in [1.54, 1.807) is 18.0 Å². The first-order chi connectivity index (χ1) is 8.42. The fourth-order valence-electron chi connectivity index (χ4n) is 1.56. The van der Waals surface area contributed by atoms with Crippen LogP contribution < -0.4 is 0 Å². The molecule has 96 valence electrons. The summed E-state index contributed by atoms with van der Waals surface area (Å²) >= 11 is 5.20. The molecule has 18 heavy (non-hydrogen) atoms. The average Bonchev–Trinajstić information content (AvgIpc) is 2.75. The van der Waals surface area contributed by atoms with Crippen molar-refractivity contribution in [2.24, 2.45) is 7.05 Å². The van der Waals surface area contributed by atoms with Crippen molar-refractivity contribution in [3.05, 3.63) is 28.9 Å². The number of aromatic nitrogens is 4. The molecule has 2 rings (SSSR count). The van der Waals surface area contributed by atoms with Crippen molar-refractivity contribution in [1.82, 2.24) is 19.7 Å². The van der Waals surface area contributed by atoms with E-state index in [9.17, 15) is 0 Å². The number of hydrogen-bond acceptors (Lipinski definition) is 4. The first-order valence-corrected chi connectivity index (χ1v) is 5.99. The highest BCUT2D eigenvalue weighted by atomic mass is 32.1. The molecule has 0 unspecified atom stereocenters. The molecule has 0 aliphatic rings. The van der Waals surface area contributed by atoms with Crippen LogP contribution in [0.1, 0.15) is 19.7 Å². The quantitative estimate of drug-likeness (QED) is 0.865. The Bertz CT molecular complexity index is 615. The maximum Gasteiger partial charge on any atom is 0.139 e. The van der Waals surface area contributed by atoms with Crippen molar-refractivity contribution in [3.63, 3.8) is 0 Å². The van der Waals surface area contributed by atoms with Crippen LogP contribution in [0.3, 0.4) is 0 Å². The van der Waals surface area contributed by atoms with E-state index < -0.39 is 5.60 Å². The normalized spacial score (nSPS) is 11.8. The Balaban J connectivity index is 2.54. The highest BCUT2D eigenvalue weighted by Gasteiger charge is 2.22. The second-order valence-corrected chi connectivity index (χ2v) is 5.02. The Morgan fingerprint density at radius 1 is 1.44 bits per heavy atom. The molecule has 0 saturated heterocycles. The molecule has 2 heterocycles. The predicted molar refractivity (Wildman–Crippen MR) is 71.7 cm³/mol. The molecule has 1 N–H and O–H groups in total. The van der Waals surface area contributed by atoms with Gasteiger partial charge in [0, 0.05) is 25.9 Å². The summed E-state index contributed by atoms with van der Waals surface area (Å²) in [5, 5.41) is 4.15. The minimum Gasteiger partial charge on any atom is -0.371 e. The molecule has 0 amide bonds. The molecule has 0 atom stereocenters. The molecule has 2 aromatic heterocycles. The molecule has 0 saturated carbocycles. The van der Waals surface area contributed by atoms with Crippen molar-refractivity contribution in [2.75, 3.05) is 7.11 Å². The lowest BCUT2D eigenvalue weighted by Crippen LogP contribution is -2.23. The topological polar surface area (TPSA) is 55.7 Å². The fourth-order valence-corrected chi connectivity index (χ4v) is 1.76. The van der Waals surface area contributed by atoms with Gasteiger partial charge in [0.05, 0.1) is 11.9 Å². The minimum atomic E-state index is -0.508. The Kier molecular flexibility index (Phi) is 3.32. The minimum absolute atomic E-state index is 0.508. The van der Waals surface area contributed by atoms with Crippen LogP contribution in [-0.4, -0.2) is 26.9 Å². The number of nitrogens with one attached hydrogen (secondary N) is 1. The van der Waals surface area contributed by atoms with E-state index in [0.717, 1.165) is 11.3 Å². The summed E-state index contributed by atoms with van der Waals surface area (Å²) in [5.41, 5.74) is 1.36. The van der Waals surface area contributed by atoms with Crippen LogP contribution in [0.25, 0.3) is 11.3 Å². The molecule has 0 aliphatic carbocycles. The monoisotopic (exact) mass is 264 g/mol. The number of aryl methyl sites for hydroxylation is 1. The van der Waals surface area contributed by atoms with Gasteiger partial charge in [-0.2, -0.15) is 5.10 Å². The van der Waals surface area contributed by atoms with Gasteiger partial charge in [-0.05, 0) is 19.9 Å². The molecular weight excluding hydrogens is 248 g/mol. The van der Waals surface area contributed by atoms with E-state index in [1.165, 1.54) is 0 Å². The molecule has 0 bridgehead atoms. The third-order valence-electron chi connectivity index (χ3n) is 2.84. The average molecular weight is 264 g/mol. The summed E-state index contributed by atoms with van der Waals surface area (Å²) < 4.78 is 7.69. The van der Waals surface area contributed by atoms with Gasteiger partial charge in [-0.3, -0.25) is 4.68 Å². The van der Waals surface area contributed by atoms with Crippen LogP contribution in [0.4, 0.5) is 0 Å². The van der Waals surface area contributed by atoms with Crippen molar-refractivity contribution in [1.29, 1.82) is 0 Å². The summed E-state index contributed by atoms with van der Waals surface area (Å²) in [7, 11) is 3.52. The van der Waals surface area contributed by atoms with E-state index >= 15 is 0 Å². The number of rotatable bonds is 3. The molecule has 0 radical (unpaired) electrons. The molecule has 6 heteroatoms. The summed E-state index contributed by atoms with van der Waals surface area (Å²) in [5.74, 6) is 0.705. The Morgan fingerprint density at radius 3 is 2.72 bits per heavy atom. The van der Waals surface area contributed by atoms with Crippen LogP contribution in [0.15, 0.2) is 18.5 Å². The van der Waals surface area contributed by atoms with Crippen molar-refractivity contribution in [2.45, 2.75) is 19.4 Å². The van der Waals surface area contributed by atoms with Crippen LogP contribution >= 0.6 is 12.2 Å². The number of H-pyrrole nitrogens is 1. The highest BCUT2D eigenvalue weighted by molar-refractivity contribution is 7.71. The lowest BCUT2D eigenvalue weighted by Gasteiger charge is -2.22.